The summed E-state index contributed by atoms with van der Waals surface area (Å²) in [6.45, 7) is 1.63. The molecule has 0 unspecified atom stereocenters. The lowest BCUT2D eigenvalue weighted by atomic mass is 9.96. The molecule has 9 nitrogen and oxygen atoms in total. The number of hydrogen-bond acceptors (Lipinski definition) is 6. The Hall–Kier alpha value is -3.18. The van der Waals surface area contributed by atoms with Gasteiger partial charge in [0, 0.05) is 24.3 Å². The van der Waals surface area contributed by atoms with Crippen molar-refractivity contribution in [1.29, 1.82) is 0 Å². The van der Waals surface area contributed by atoms with Gasteiger partial charge in [-0.2, -0.15) is 8.99 Å². The number of hydrogen-bond donors (Lipinski definition) is 1. The minimum absolute atomic E-state index is 0.0337. The summed E-state index contributed by atoms with van der Waals surface area (Å²) < 4.78 is 43.2. The maximum atomic E-state index is 14.3. The molecule has 0 aliphatic heterocycles. The molecule has 0 spiro atoms. The van der Waals surface area contributed by atoms with Gasteiger partial charge in [-0.25, -0.2) is 12.8 Å². The van der Waals surface area contributed by atoms with Crippen molar-refractivity contribution >= 4 is 21.6 Å². The minimum atomic E-state index is -3.74. The number of benzene rings is 2. The van der Waals surface area contributed by atoms with Crippen molar-refractivity contribution in [3.8, 4) is 5.69 Å². The molecule has 1 fully saturated rings. The Morgan fingerprint density at radius 1 is 1.15 bits per heavy atom. The second-order valence-electron chi connectivity index (χ2n) is 8.10. The normalized spacial score (nSPS) is 15.0. The van der Waals surface area contributed by atoms with E-state index < -0.39 is 21.7 Å². The number of rotatable bonds is 6. The zero-order chi connectivity index (χ0) is 23.6. The van der Waals surface area contributed by atoms with Crippen LogP contribution in [0.25, 0.3) is 5.69 Å². The first-order chi connectivity index (χ1) is 15.8. The number of aryl methyl sites for hydroxylation is 1. The third kappa shape index (κ3) is 4.79. The predicted molar refractivity (Wildman–Crippen MR) is 120 cm³/mol. The van der Waals surface area contributed by atoms with Gasteiger partial charge in [-0.1, -0.05) is 25.3 Å². The molecule has 0 saturated heterocycles. The number of nitrogens with zero attached hydrogens (tertiary/aromatic N) is 5. The molecule has 11 heteroatoms. The number of sulfonamides is 1. The van der Waals surface area contributed by atoms with Crippen LogP contribution in [-0.4, -0.2) is 51.9 Å². The molecule has 2 aromatic carbocycles. The van der Waals surface area contributed by atoms with Gasteiger partial charge in [0.2, 0.25) is 10.0 Å². The smallest absolute Gasteiger partial charge is 0.255 e. The molecule has 1 heterocycles. The molecule has 0 radical (unpaired) electrons. The molecule has 1 aliphatic rings. The molecular formula is C22H25FN6O3S. The van der Waals surface area contributed by atoms with Crippen LogP contribution < -0.4 is 5.32 Å². The average molecular weight is 473 g/mol. The van der Waals surface area contributed by atoms with Gasteiger partial charge in [0.05, 0.1) is 4.90 Å². The van der Waals surface area contributed by atoms with E-state index >= 15 is 0 Å². The lowest BCUT2D eigenvalue weighted by Crippen LogP contribution is -2.38. The highest BCUT2D eigenvalue weighted by molar-refractivity contribution is 7.89. The Balaban J connectivity index is 1.56. The fourth-order valence-electron chi connectivity index (χ4n) is 4.02. The van der Waals surface area contributed by atoms with E-state index in [1.807, 2.05) is 0 Å². The van der Waals surface area contributed by atoms with Crippen molar-refractivity contribution in [1.82, 2.24) is 24.5 Å². The Bertz CT molecular complexity index is 1270. The minimum Gasteiger partial charge on any atom is -0.322 e. The summed E-state index contributed by atoms with van der Waals surface area (Å²) in [5.41, 5.74) is 0.581. The van der Waals surface area contributed by atoms with E-state index in [-0.39, 0.29) is 22.2 Å². The van der Waals surface area contributed by atoms with Gasteiger partial charge < -0.3 is 5.32 Å². The van der Waals surface area contributed by atoms with E-state index in [4.69, 9.17) is 0 Å². The number of nitrogens with one attached hydrogen (secondary N) is 1. The van der Waals surface area contributed by atoms with Crippen molar-refractivity contribution in [2.24, 2.45) is 0 Å². The Labute approximate surface area is 191 Å². The van der Waals surface area contributed by atoms with Gasteiger partial charge in [-0.15, -0.1) is 5.10 Å². The van der Waals surface area contributed by atoms with Crippen molar-refractivity contribution in [3.05, 3.63) is 59.7 Å². The van der Waals surface area contributed by atoms with Gasteiger partial charge in [-0.3, -0.25) is 4.79 Å². The second-order valence-corrected chi connectivity index (χ2v) is 10.1. The molecule has 4 rings (SSSR count). The zero-order valence-electron chi connectivity index (χ0n) is 18.4. The maximum absolute atomic E-state index is 14.3. The van der Waals surface area contributed by atoms with Crippen LogP contribution in [-0.2, 0) is 10.0 Å². The Morgan fingerprint density at radius 3 is 2.61 bits per heavy atom. The van der Waals surface area contributed by atoms with Crippen LogP contribution in [0.1, 0.15) is 48.3 Å². The van der Waals surface area contributed by atoms with Gasteiger partial charge >= 0.3 is 0 Å². The number of aromatic nitrogens is 4. The van der Waals surface area contributed by atoms with Crippen molar-refractivity contribution < 1.29 is 17.6 Å². The summed E-state index contributed by atoms with van der Waals surface area (Å²) in [5, 5.41) is 13.7. The summed E-state index contributed by atoms with van der Waals surface area (Å²) in [7, 11) is -2.14. The largest absolute Gasteiger partial charge is 0.322 e. The maximum Gasteiger partial charge on any atom is 0.255 e. The van der Waals surface area contributed by atoms with E-state index in [0.717, 1.165) is 32.1 Å². The van der Waals surface area contributed by atoms with Crippen LogP contribution in [0.4, 0.5) is 10.1 Å². The SMILES string of the molecule is Cc1nnnn1-c1cc(NC(=O)c2cccc(S(=O)(=O)N(C)C3CCCCC3)c2)ccc1F. The first-order valence-corrected chi connectivity index (χ1v) is 12.2. The molecule has 174 valence electrons. The fourth-order valence-corrected chi connectivity index (χ4v) is 5.48. The highest BCUT2D eigenvalue weighted by Gasteiger charge is 2.29. The van der Waals surface area contributed by atoms with E-state index in [2.05, 4.69) is 20.8 Å². The van der Waals surface area contributed by atoms with Crippen LogP contribution in [0.3, 0.4) is 0 Å². The summed E-state index contributed by atoms with van der Waals surface area (Å²) >= 11 is 0. The molecule has 33 heavy (non-hydrogen) atoms. The standard InChI is InChI=1S/C22H25FN6O3S/c1-15-25-26-27-29(15)21-14-17(11-12-20(21)23)24-22(30)16-7-6-10-19(13-16)33(31,32)28(2)18-8-4-3-5-9-18/h6-7,10-14,18H,3-5,8-9H2,1-2H3,(H,24,30). The third-order valence-electron chi connectivity index (χ3n) is 5.92. The highest BCUT2D eigenvalue weighted by atomic mass is 32.2. The molecule has 1 amide bonds. The predicted octanol–water partition coefficient (Wildman–Crippen LogP) is 3.32. The molecule has 1 aliphatic carbocycles. The Kier molecular flexibility index (Phi) is 6.52. The third-order valence-corrected chi connectivity index (χ3v) is 7.83. The number of tetrazole rings is 1. The number of halogens is 1. The molecule has 1 N–H and O–H groups in total. The fraction of sp³-hybridized carbons (Fsp3) is 0.364. The van der Waals surface area contributed by atoms with Gasteiger partial charge in [0.1, 0.15) is 11.5 Å². The first-order valence-electron chi connectivity index (χ1n) is 10.7. The quantitative estimate of drug-likeness (QED) is 0.589. The number of carbonyl (C=O) groups excluding carboxylic acids is 1. The number of amides is 1. The first kappa shape index (κ1) is 23.0. The summed E-state index contributed by atoms with van der Waals surface area (Å²) in [6, 6.07) is 9.91. The molecular weight excluding hydrogens is 447 g/mol. The van der Waals surface area contributed by atoms with E-state index in [1.165, 1.54) is 51.5 Å². The molecule has 1 aromatic heterocycles. The average Bonchev–Trinajstić information content (AvgIpc) is 3.26. The van der Waals surface area contributed by atoms with Gasteiger partial charge in [0.25, 0.3) is 5.91 Å². The molecule has 3 aromatic rings. The van der Waals surface area contributed by atoms with Crippen molar-refractivity contribution in [3.63, 3.8) is 0 Å². The summed E-state index contributed by atoms with van der Waals surface area (Å²) in [6.07, 6.45) is 4.82. The van der Waals surface area contributed by atoms with E-state index in [9.17, 15) is 17.6 Å². The zero-order valence-corrected chi connectivity index (χ0v) is 19.2. The van der Waals surface area contributed by atoms with Gasteiger partial charge in [0.15, 0.2) is 5.82 Å². The second kappa shape index (κ2) is 9.36. The van der Waals surface area contributed by atoms with Gasteiger partial charge in [-0.05, 0) is 66.6 Å². The van der Waals surface area contributed by atoms with Crippen LogP contribution in [0, 0.1) is 12.7 Å². The van der Waals surface area contributed by atoms with Crippen LogP contribution >= 0.6 is 0 Å². The van der Waals surface area contributed by atoms with Crippen LogP contribution in [0.15, 0.2) is 47.4 Å². The molecule has 1 saturated carbocycles. The Morgan fingerprint density at radius 2 is 1.91 bits per heavy atom. The lowest BCUT2D eigenvalue weighted by molar-refractivity contribution is 0.102. The molecule has 0 bridgehead atoms. The van der Waals surface area contributed by atoms with Crippen LogP contribution in [0.5, 0.6) is 0 Å². The highest BCUT2D eigenvalue weighted by Crippen LogP contribution is 2.27. The lowest BCUT2D eigenvalue weighted by Gasteiger charge is -2.30. The summed E-state index contributed by atoms with van der Waals surface area (Å²) in [5.74, 6) is -0.682. The topological polar surface area (TPSA) is 110 Å². The van der Waals surface area contributed by atoms with E-state index in [1.54, 1.807) is 14.0 Å². The van der Waals surface area contributed by atoms with E-state index in [0.29, 0.717) is 11.5 Å². The molecule has 0 atom stereocenters. The van der Waals surface area contributed by atoms with Crippen molar-refractivity contribution in [2.75, 3.05) is 12.4 Å². The number of anilines is 1. The number of carbonyl (C=O) groups is 1. The van der Waals surface area contributed by atoms with Crippen molar-refractivity contribution in [2.45, 2.75) is 50.0 Å². The monoisotopic (exact) mass is 472 g/mol. The van der Waals surface area contributed by atoms with Crippen LogP contribution in [0.2, 0.25) is 0 Å². The summed E-state index contributed by atoms with van der Waals surface area (Å²) in [4.78, 5) is 12.9.